The lowest BCUT2D eigenvalue weighted by molar-refractivity contribution is 0.0940. The first-order chi connectivity index (χ1) is 9.70. The molecule has 2 N–H and O–H groups in total. The van der Waals surface area contributed by atoms with Crippen LogP contribution < -0.4 is 5.32 Å². The molecule has 20 heavy (non-hydrogen) atoms. The zero-order valence-corrected chi connectivity index (χ0v) is 11.9. The summed E-state index contributed by atoms with van der Waals surface area (Å²) in [6.45, 7) is 1.78. The average molecular weight is 285 g/mol. The van der Waals surface area contributed by atoms with Gasteiger partial charge in [-0.15, -0.1) is 0 Å². The molecule has 3 nitrogen and oxygen atoms in total. The standard InChI is InChI=1S/C16H15NO2S/c1-12(17-16(19)15-7-9-20-11-15)14-6-2-4-13(10-14)5-3-8-18/h2,4,6-7,9-12,18H,8H2,1H3,(H,17,19). The Morgan fingerprint density at radius 1 is 1.45 bits per heavy atom. The van der Waals surface area contributed by atoms with E-state index in [1.165, 1.54) is 11.3 Å². The van der Waals surface area contributed by atoms with Crippen LogP contribution in [-0.2, 0) is 0 Å². The Morgan fingerprint density at radius 3 is 3.00 bits per heavy atom. The number of aliphatic hydroxyl groups is 1. The number of hydrogen-bond acceptors (Lipinski definition) is 3. The molecule has 0 fully saturated rings. The fourth-order valence-electron chi connectivity index (χ4n) is 1.78. The quantitative estimate of drug-likeness (QED) is 0.852. The van der Waals surface area contributed by atoms with Crippen molar-refractivity contribution in [2.75, 3.05) is 6.61 Å². The van der Waals surface area contributed by atoms with E-state index >= 15 is 0 Å². The largest absolute Gasteiger partial charge is 0.384 e. The van der Waals surface area contributed by atoms with Gasteiger partial charge in [-0.05, 0) is 36.1 Å². The van der Waals surface area contributed by atoms with Crippen molar-refractivity contribution in [2.45, 2.75) is 13.0 Å². The molecule has 1 unspecified atom stereocenters. The minimum Gasteiger partial charge on any atom is -0.384 e. The normalized spacial score (nSPS) is 11.3. The second-order valence-corrected chi connectivity index (χ2v) is 5.07. The van der Waals surface area contributed by atoms with Crippen molar-refractivity contribution in [2.24, 2.45) is 0 Å². The molecule has 1 heterocycles. The molecule has 0 saturated carbocycles. The summed E-state index contributed by atoms with van der Waals surface area (Å²) in [4.78, 5) is 12.0. The van der Waals surface area contributed by atoms with Gasteiger partial charge in [-0.1, -0.05) is 24.0 Å². The Kier molecular flexibility index (Phi) is 4.94. The molecule has 0 aliphatic heterocycles. The van der Waals surface area contributed by atoms with E-state index in [1.807, 2.05) is 41.9 Å². The van der Waals surface area contributed by atoms with Crippen LogP contribution in [0.5, 0.6) is 0 Å². The predicted molar refractivity (Wildman–Crippen MR) is 80.6 cm³/mol. The van der Waals surface area contributed by atoms with Gasteiger partial charge in [-0.3, -0.25) is 4.79 Å². The van der Waals surface area contributed by atoms with Crippen molar-refractivity contribution in [1.82, 2.24) is 5.32 Å². The summed E-state index contributed by atoms with van der Waals surface area (Å²) >= 11 is 1.50. The molecular formula is C16H15NO2S. The van der Waals surface area contributed by atoms with Crippen molar-refractivity contribution in [1.29, 1.82) is 0 Å². The topological polar surface area (TPSA) is 49.3 Å². The van der Waals surface area contributed by atoms with Crippen LogP contribution in [-0.4, -0.2) is 17.6 Å². The maximum atomic E-state index is 12.0. The summed E-state index contributed by atoms with van der Waals surface area (Å²) in [5, 5.41) is 15.4. The summed E-state index contributed by atoms with van der Waals surface area (Å²) in [6.07, 6.45) is 0. The van der Waals surface area contributed by atoms with Crippen LogP contribution >= 0.6 is 11.3 Å². The second kappa shape index (κ2) is 6.90. The highest BCUT2D eigenvalue weighted by Gasteiger charge is 2.11. The third-order valence-corrected chi connectivity index (χ3v) is 3.51. The number of benzene rings is 1. The average Bonchev–Trinajstić information content (AvgIpc) is 2.99. The summed E-state index contributed by atoms with van der Waals surface area (Å²) in [6, 6.07) is 9.34. The fourth-order valence-corrected chi connectivity index (χ4v) is 2.42. The lowest BCUT2D eigenvalue weighted by Gasteiger charge is -2.14. The predicted octanol–water partition coefficient (Wildman–Crippen LogP) is 2.58. The molecule has 0 bridgehead atoms. The number of rotatable bonds is 3. The molecule has 1 aromatic carbocycles. The van der Waals surface area contributed by atoms with Gasteiger partial charge in [0.15, 0.2) is 0 Å². The highest BCUT2D eigenvalue weighted by atomic mass is 32.1. The zero-order chi connectivity index (χ0) is 14.4. The number of hydrogen-bond donors (Lipinski definition) is 2. The minimum absolute atomic E-state index is 0.0782. The van der Waals surface area contributed by atoms with E-state index in [4.69, 9.17) is 5.11 Å². The van der Waals surface area contributed by atoms with E-state index in [9.17, 15) is 4.79 Å². The van der Waals surface area contributed by atoms with Crippen molar-refractivity contribution in [3.63, 3.8) is 0 Å². The van der Waals surface area contributed by atoms with Crippen LogP contribution in [0.15, 0.2) is 41.1 Å². The van der Waals surface area contributed by atoms with E-state index in [1.54, 1.807) is 6.07 Å². The third kappa shape index (κ3) is 3.70. The van der Waals surface area contributed by atoms with Gasteiger partial charge >= 0.3 is 0 Å². The molecule has 2 aromatic rings. The van der Waals surface area contributed by atoms with E-state index < -0.39 is 0 Å². The monoisotopic (exact) mass is 285 g/mol. The SMILES string of the molecule is CC(NC(=O)c1ccsc1)c1cccc(C#CCO)c1. The molecule has 0 aliphatic carbocycles. The van der Waals surface area contributed by atoms with Gasteiger partial charge in [0.2, 0.25) is 0 Å². The van der Waals surface area contributed by atoms with Gasteiger partial charge in [0.05, 0.1) is 11.6 Å². The number of amides is 1. The highest BCUT2D eigenvalue weighted by Crippen LogP contribution is 2.15. The molecule has 1 amide bonds. The van der Waals surface area contributed by atoms with Crippen LogP contribution in [0, 0.1) is 11.8 Å². The Morgan fingerprint density at radius 2 is 2.30 bits per heavy atom. The number of nitrogens with one attached hydrogen (secondary N) is 1. The van der Waals surface area contributed by atoms with E-state index in [0.29, 0.717) is 5.56 Å². The number of aliphatic hydroxyl groups excluding tert-OH is 1. The second-order valence-electron chi connectivity index (χ2n) is 4.29. The summed E-state index contributed by atoms with van der Waals surface area (Å²) < 4.78 is 0. The highest BCUT2D eigenvalue weighted by molar-refractivity contribution is 7.08. The number of carbonyl (C=O) groups is 1. The Labute approximate surface area is 122 Å². The van der Waals surface area contributed by atoms with Crippen LogP contribution in [0.25, 0.3) is 0 Å². The lowest BCUT2D eigenvalue weighted by atomic mass is 10.0. The Balaban J connectivity index is 2.09. The van der Waals surface area contributed by atoms with Crippen LogP contribution in [0.4, 0.5) is 0 Å². The Bertz CT molecular complexity index is 638. The molecule has 0 spiro atoms. The molecular weight excluding hydrogens is 270 g/mol. The molecule has 1 aromatic heterocycles. The number of carbonyl (C=O) groups excluding carboxylic acids is 1. The first-order valence-corrected chi connectivity index (χ1v) is 7.17. The van der Waals surface area contributed by atoms with Crippen molar-refractivity contribution >= 4 is 17.2 Å². The first-order valence-electron chi connectivity index (χ1n) is 6.23. The minimum atomic E-state index is -0.158. The summed E-state index contributed by atoms with van der Waals surface area (Å²) in [5.74, 6) is 5.39. The van der Waals surface area contributed by atoms with Gasteiger partial charge in [-0.2, -0.15) is 11.3 Å². The molecule has 0 saturated heterocycles. The fraction of sp³-hybridized carbons (Fsp3) is 0.188. The smallest absolute Gasteiger partial charge is 0.252 e. The van der Waals surface area contributed by atoms with E-state index in [-0.39, 0.29) is 18.6 Å². The molecule has 4 heteroatoms. The van der Waals surface area contributed by atoms with Gasteiger partial charge in [0.25, 0.3) is 5.91 Å². The summed E-state index contributed by atoms with van der Waals surface area (Å²) in [5.41, 5.74) is 2.49. The maximum Gasteiger partial charge on any atom is 0.252 e. The van der Waals surface area contributed by atoms with E-state index in [2.05, 4.69) is 17.2 Å². The van der Waals surface area contributed by atoms with Crippen molar-refractivity contribution < 1.29 is 9.90 Å². The lowest BCUT2D eigenvalue weighted by Crippen LogP contribution is -2.26. The van der Waals surface area contributed by atoms with Crippen molar-refractivity contribution in [3.05, 3.63) is 57.8 Å². The Hall–Kier alpha value is -2.09. The van der Waals surface area contributed by atoms with Gasteiger partial charge < -0.3 is 10.4 Å². The molecule has 1 atom stereocenters. The first kappa shape index (κ1) is 14.3. The third-order valence-electron chi connectivity index (χ3n) is 2.83. The van der Waals surface area contributed by atoms with Gasteiger partial charge in [0.1, 0.15) is 6.61 Å². The van der Waals surface area contributed by atoms with Crippen LogP contribution in [0.2, 0.25) is 0 Å². The van der Waals surface area contributed by atoms with Gasteiger partial charge in [0, 0.05) is 10.9 Å². The molecule has 102 valence electrons. The van der Waals surface area contributed by atoms with Crippen LogP contribution in [0.3, 0.4) is 0 Å². The molecule has 2 rings (SSSR count). The van der Waals surface area contributed by atoms with E-state index in [0.717, 1.165) is 11.1 Å². The zero-order valence-electron chi connectivity index (χ0n) is 11.1. The van der Waals surface area contributed by atoms with Crippen molar-refractivity contribution in [3.8, 4) is 11.8 Å². The summed E-state index contributed by atoms with van der Waals surface area (Å²) in [7, 11) is 0. The number of thiophene rings is 1. The van der Waals surface area contributed by atoms with Crippen LogP contribution in [0.1, 0.15) is 34.5 Å². The molecule has 0 radical (unpaired) electrons. The van der Waals surface area contributed by atoms with Gasteiger partial charge in [-0.25, -0.2) is 0 Å². The maximum absolute atomic E-state index is 12.0. The molecule has 0 aliphatic rings.